The molecule has 31 heavy (non-hydrogen) atoms. The summed E-state index contributed by atoms with van der Waals surface area (Å²) in [6.07, 6.45) is 6.30. The quantitative estimate of drug-likeness (QED) is 0.608. The molecule has 5 nitrogen and oxygen atoms in total. The highest BCUT2D eigenvalue weighted by atomic mass is 16.2. The topological polar surface area (TPSA) is 66.5 Å². The second-order valence-electron chi connectivity index (χ2n) is 9.18. The van der Waals surface area contributed by atoms with Crippen molar-refractivity contribution in [2.75, 3.05) is 10.2 Å². The van der Waals surface area contributed by atoms with Crippen molar-refractivity contribution < 1.29 is 14.4 Å². The van der Waals surface area contributed by atoms with Gasteiger partial charge in [-0.15, -0.1) is 0 Å². The van der Waals surface area contributed by atoms with Crippen LogP contribution in [0.1, 0.15) is 29.3 Å². The van der Waals surface area contributed by atoms with E-state index in [2.05, 4.69) is 17.5 Å². The lowest BCUT2D eigenvalue weighted by molar-refractivity contribution is -0.124. The van der Waals surface area contributed by atoms with Gasteiger partial charge in [0.25, 0.3) is 5.91 Å². The Morgan fingerprint density at radius 2 is 1.65 bits per heavy atom. The van der Waals surface area contributed by atoms with E-state index in [-0.39, 0.29) is 41.4 Å². The number of anilines is 2. The van der Waals surface area contributed by atoms with Gasteiger partial charge in [-0.1, -0.05) is 43.3 Å². The Balaban J connectivity index is 1.29. The lowest BCUT2D eigenvalue weighted by atomic mass is 9.63. The summed E-state index contributed by atoms with van der Waals surface area (Å²) in [6, 6.07) is 14.6. The van der Waals surface area contributed by atoms with Gasteiger partial charge < -0.3 is 5.32 Å². The molecule has 156 valence electrons. The number of carbonyl (C=O) groups excluding carboxylic acids is 3. The maximum Gasteiger partial charge on any atom is 0.255 e. The third-order valence-electron chi connectivity index (χ3n) is 7.68. The Hall–Kier alpha value is -3.21. The fraction of sp³-hybridized carbons (Fsp3) is 0.346. The number of aryl methyl sites for hydroxylation is 1. The molecule has 5 aliphatic rings. The highest BCUT2D eigenvalue weighted by molar-refractivity contribution is 6.23. The Bertz CT molecular complexity index is 1120. The number of nitrogens with one attached hydrogen (secondary N) is 1. The molecule has 1 N–H and O–H groups in total. The SMILES string of the molecule is CCc1ccccc1NC(=O)c1cccc(N2C(=O)[C@@H]3[C@H]4C=C[C@@H]([C@@H]5C[C@H]45)[C@H]3C2=O)c1. The number of hydrogen-bond acceptors (Lipinski definition) is 3. The first kappa shape index (κ1) is 18.6. The third kappa shape index (κ3) is 2.65. The van der Waals surface area contributed by atoms with E-state index in [1.807, 2.05) is 31.2 Å². The van der Waals surface area contributed by atoms with Gasteiger partial charge in [-0.3, -0.25) is 14.4 Å². The minimum atomic E-state index is -0.248. The van der Waals surface area contributed by atoms with Crippen LogP contribution in [-0.4, -0.2) is 17.7 Å². The number of benzene rings is 2. The van der Waals surface area contributed by atoms with Gasteiger partial charge in [0.15, 0.2) is 0 Å². The molecule has 2 aromatic carbocycles. The molecule has 2 aromatic rings. The summed E-state index contributed by atoms with van der Waals surface area (Å²) in [6.45, 7) is 2.04. The van der Waals surface area contributed by atoms with E-state index in [1.165, 1.54) is 4.90 Å². The first-order valence-electron chi connectivity index (χ1n) is 11.1. The molecule has 3 amide bonds. The molecule has 1 heterocycles. The molecule has 4 aliphatic carbocycles. The predicted octanol–water partition coefficient (Wildman–Crippen LogP) is 4.06. The Kier molecular flexibility index (Phi) is 3.98. The Labute approximate surface area is 181 Å². The van der Waals surface area contributed by atoms with Crippen molar-refractivity contribution >= 4 is 29.1 Å². The van der Waals surface area contributed by atoms with Crippen LogP contribution in [0.4, 0.5) is 11.4 Å². The summed E-state index contributed by atoms with van der Waals surface area (Å²) in [4.78, 5) is 40.9. The minimum Gasteiger partial charge on any atom is -0.322 e. The van der Waals surface area contributed by atoms with Crippen molar-refractivity contribution in [1.82, 2.24) is 0 Å². The summed E-state index contributed by atoms with van der Waals surface area (Å²) >= 11 is 0. The smallest absolute Gasteiger partial charge is 0.255 e. The van der Waals surface area contributed by atoms with E-state index in [1.54, 1.807) is 24.3 Å². The van der Waals surface area contributed by atoms with Gasteiger partial charge in [0.05, 0.1) is 17.5 Å². The molecule has 2 bridgehead atoms. The molecule has 0 unspecified atom stereocenters. The van der Waals surface area contributed by atoms with E-state index < -0.39 is 0 Å². The number of allylic oxidation sites excluding steroid dienone is 2. The summed E-state index contributed by atoms with van der Waals surface area (Å²) in [7, 11) is 0. The monoisotopic (exact) mass is 412 g/mol. The molecule has 5 heteroatoms. The van der Waals surface area contributed by atoms with Crippen LogP contribution < -0.4 is 10.2 Å². The Morgan fingerprint density at radius 3 is 2.32 bits per heavy atom. The average Bonchev–Trinajstić information content (AvgIpc) is 3.57. The summed E-state index contributed by atoms with van der Waals surface area (Å²) in [5, 5.41) is 2.97. The zero-order chi connectivity index (χ0) is 21.3. The molecule has 2 saturated carbocycles. The van der Waals surface area contributed by atoms with Crippen LogP contribution >= 0.6 is 0 Å². The van der Waals surface area contributed by atoms with Crippen LogP contribution in [0.5, 0.6) is 0 Å². The molecule has 0 spiro atoms. The molecule has 1 saturated heterocycles. The molecule has 1 aliphatic heterocycles. The summed E-state index contributed by atoms with van der Waals surface area (Å²) in [5.41, 5.74) is 2.76. The van der Waals surface area contributed by atoms with E-state index in [0.717, 1.165) is 24.1 Å². The fourth-order valence-corrected chi connectivity index (χ4v) is 6.14. The second-order valence-corrected chi connectivity index (χ2v) is 9.18. The van der Waals surface area contributed by atoms with E-state index in [4.69, 9.17) is 0 Å². The molecule has 6 atom stereocenters. The maximum atomic E-state index is 13.3. The number of carbonyl (C=O) groups is 3. The standard InChI is InChI=1S/C26H24N2O3/c1-2-14-6-3-4-9-21(14)27-24(29)15-7-5-8-16(12-15)28-25(30)22-17-10-11-18(20-13-19(17)20)23(22)26(28)31/h3-12,17-20,22-23H,2,13H2,1H3,(H,27,29)/t17-,18-,19-,20+,22+,23+/m0/s1. The van der Waals surface area contributed by atoms with Crippen molar-refractivity contribution in [1.29, 1.82) is 0 Å². The largest absolute Gasteiger partial charge is 0.322 e. The number of amides is 3. The normalized spacial score (nSPS) is 32.1. The van der Waals surface area contributed by atoms with Crippen LogP contribution in [0.2, 0.25) is 0 Å². The van der Waals surface area contributed by atoms with Gasteiger partial charge in [0.2, 0.25) is 11.8 Å². The van der Waals surface area contributed by atoms with Crippen LogP contribution in [0.3, 0.4) is 0 Å². The van der Waals surface area contributed by atoms with E-state index >= 15 is 0 Å². The number of rotatable bonds is 4. The van der Waals surface area contributed by atoms with Crippen molar-refractivity contribution in [2.24, 2.45) is 35.5 Å². The number of para-hydroxylation sites is 1. The molecule has 7 rings (SSSR count). The van der Waals surface area contributed by atoms with Crippen molar-refractivity contribution in [3.05, 3.63) is 71.8 Å². The molecular weight excluding hydrogens is 388 g/mol. The minimum absolute atomic E-state index is 0.103. The first-order chi connectivity index (χ1) is 15.1. The van der Waals surface area contributed by atoms with Gasteiger partial charge in [-0.05, 0) is 66.3 Å². The highest BCUT2D eigenvalue weighted by Crippen LogP contribution is 2.65. The second kappa shape index (κ2) is 6.64. The highest BCUT2D eigenvalue weighted by Gasteiger charge is 2.67. The lowest BCUT2D eigenvalue weighted by Crippen LogP contribution is -2.40. The van der Waals surface area contributed by atoms with Crippen LogP contribution in [0.15, 0.2) is 60.7 Å². The van der Waals surface area contributed by atoms with Crippen LogP contribution in [0.25, 0.3) is 0 Å². The number of imide groups is 1. The van der Waals surface area contributed by atoms with E-state index in [9.17, 15) is 14.4 Å². The van der Waals surface area contributed by atoms with Crippen molar-refractivity contribution in [3.63, 3.8) is 0 Å². The molecule has 3 fully saturated rings. The van der Waals surface area contributed by atoms with Gasteiger partial charge in [0, 0.05) is 11.3 Å². The first-order valence-corrected chi connectivity index (χ1v) is 11.1. The predicted molar refractivity (Wildman–Crippen MR) is 117 cm³/mol. The van der Waals surface area contributed by atoms with Crippen molar-refractivity contribution in [3.8, 4) is 0 Å². The van der Waals surface area contributed by atoms with Gasteiger partial charge >= 0.3 is 0 Å². The van der Waals surface area contributed by atoms with E-state index in [0.29, 0.717) is 23.1 Å². The average molecular weight is 412 g/mol. The van der Waals surface area contributed by atoms with Gasteiger partial charge in [0.1, 0.15) is 0 Å². The van der Waals surface area contributed by atoms with Gasteiger partial charge in [-0.25, -0.2) is 4.90 Å². The maximum absolute atomic E-state index is 13.3. The molecular formula is C26H24N2O3. The van der Waals surface area contributed by atoms with Crippen molar-refractivity contribution in [2.45, 2.75) is 19.8 Å². The lowest BCUT2D eigenvalue weighted by Gasteiger charge is -2.37. The van der Waals surface area contributed by atoms with Gasteiger partial charge in [-0.2, -0.15) is 0 Å². The summed E-state index contributed by atoms with van der Waals surface area (Å²) < 4.78 is 0. The zero-order valence-electron chi connectivity index (χ0n) is 17.3. The zero-order valence-corrected chi connectivity index (χ0v) is 17.3. The van der Waals surface area contributed by atoms with Crippen LogP contribution in [-0.2, 0) is 16.0 Å². The van der Waals surface area contributed by atoms with Crippen LogP contribution in [0, 0.1) is 35.5 Å². The fourth-order valence-electron chi connectivity index (χ4n) is 6.14. The number of hydrogen-bond donors (Lipinski definition) is 1. The number of nitrogens with zero attached hydrogens (tertiary/aromatic N) is 1. The Morgan fingerprint density at radius 1 is 0.968 bits per heavy atom. The third-order valence-corrected chi connectivity index (χ3v) is 7.68. The summed E-state index contributed by atoms with van der Waals surface area (Å²) in [5.74, 6) is 0.606. The molecule has 0 radical (unpaired) electrons. The molecule has 0 aromatic heterocycles.